The summed E-state index contributed by atoms with van der Waals surface area (Å²) in [7, 11) is 2.12. The number of likely N-dealkylation sites (tertiary alicyclic amines) is 1. The van der Waals surface area contributed by atoms with E-state index in [4.69, 9.17) is 0 Å². The molecule has 4 heterocycles. The third-order valence-corrected chi connectivity index (χ3v) is 7.89. The van der Waals surface area contributed by atoms with E-state index in [1.165, 1.54) is 5.69 Å². The molecule has 186 valence electrons. The Morgan fingerprint density at radius 3 is 2.54 bits per heavy atom. The van der Waals surface area contributed by atoms with Crippen molar-refractivity contribution in [1.82, 2.24) is 25.0 Å². The molecule has 0 unspecified atom stereocenters. The number of fused-ring (bicyclic) bond motifs is 1. The minimum absolute atomic E-state index is 0.0983. The fraction of sp³-hybridized carbons (Fsp3) is 0.519. The molecule has 3 atom stereocenters. The zero-order chi connectivity index (χ0) is 24.2. The van der Waals surface area contributed by atoms with Crippen molar-refractivity contribution in [2.45, 2.75) is 43.9 Å². The fourth-order valence-electron chi connectivity index (χ4n) is 5.83. The maximum Gasteiger partial charge on any atom is 0.239 e. The maximum absolute atomic E-state index is 13.0. The Hall–Kier alpha value is -2.97. The van der Waals surface area contributed by atoms with E-state index in [-0.39, 0.29) is 29.9 Å². The van der Waals surface area contributed by atoms with Gasteiger partial charge in [-0.05, 0) is 44.2 Å². The lowest BCUT2D eigenvalue weighted by Gasteiger charge is -2.37. The highest BCUT2D eigenvalue weighted by molar-refractivity contribution is 5.83. The van der Waals surface area contributed by atoms with Crippen LogP contribution < -0.4 is 10.2 Å². The molecule has 1 aromatic heterocycles. The van der Waals surface area contributed by atoms with Crippen molar-refractivity contribution >= 4 is 17.5 Å². The first-order chi connectivity index (χ1) is 17.1. The van der Waals surface area contributed by atoms with Crippen LogP contribution in [0.5, 0.6) is 0 Å². The van der Waals surface area contributed by atoms with Gasteiger partial charge in [0.15, 0.2) is 0 Å². The highest BCUT2D eigenvalue weighted by atomic mass is 16.2. The van der Waals surface area contributed by atoms with Gasteiger partial charge in [-0.15, -0.1) is 0 Å². The van der Waals surface area contributed by atoms with Crippen LogP contribution in [0.2, 0.25) is 0 Å². The lowest BCUT2D eigenvalue weighted by molar-refractivity contribution is -0.132. The lowest BCUT2D eigenvalue weighted by atomic mass is 10.0. The second-order valence-corrected chi connectivity index (χ2v) is 9.90. The number of aromatic nitrogens is 1. The number of nitrogens with zero attached hydrogens (tertiary/aromatic N) is 5. The second-order valence-electron chi connectivity index (χ2n) is 9.90. The van der Waals surface area contributed by atoms with Crippen LogP contribution in [0.15, 0.2) is 54.7 Å². The number of piperazine rings is 1. The number of nitrogens with one attached hydrogen (secondary N) is 1. The van der Waals surface area contributed by atoms with E-state index in [0.717, 1.165) is 51.3 Å². The van der Waals surface area contributed by atoms with E-state index in [0.29, 0.717) is 19.5 Å². The number of benzene rings is 1. The molecule has 0 bridgehead atoms. The van der Waals surface area contributed by atoms with Crippen LogP contribution in [-0.2, 0) is 16.1 Å². The Bertz CT molecular complexity index is 995. The molecule has 8 heteroatoms. The second kappa shape index (κ2) is 10.7. The van der Waals surface area contributed by atoms with Gasteiger partial charge in [0.2, 0.25) is 11.8 Å². The molecule has 3 aliphatic heterocycles. The number of carbonyl (C=O) groups excluding carboxylic acids is 2. The number of carbonyl (C=O) groups is 2. The average molecular weight is 477 g/mol. The van der Waals surface area contributed by atoms with Crippen LogP contribution in [-0.4, -0.2) is 95.9 Å². The number of hydrogen-bond acceptors (Lipinski definition) is 6. The van der Waals surface area contributed by atoms with Gasteiger partial charge in [-0.3, -0.25) is 24.4 Å². The summed E-state index contributed by atoms with van der Waals surface area (Å²) in [4.78, 5) is 39.4. The van der Waals surface area contributed by atoms with Gasteiger partial charge in [0.05, 0.1) is 5.69 Å². The summed E-state index contributed by atoms with van der Waals surface area (Å²) >= 11 is 0. The van der Waals surface area contributed by atoms with E-state index in [1.54, 1.807) is 6.20 Å². The summed E-state index contributed by atoms with van der Waals surface area (Å²) < 4.78 is 0. The van der Waals surface area contributed by atoms with Crippen LogP contribution in [0.4, 0.5) is 5.69 Å². The van der Waals surface area contributed by atoms with E-state index in [2.05, 4.69) is 56.3 Å². The topological polar surface area (TPSA) is 72.0 Å². The summed E-state index contributed by atoms with van der Waals surface area (Å²) in [5.41, 5.74) is 2.21. The Labute approximate surface area is 207 Å². The molecular weight excluding hydrogens is 440 g/mol. The summed E-state index contributed by atoms with van der Waals surface area (Å²) in [5.74, 6) is 0.322. The lowest BCUT2D eigenvalue weighted by Crippen LogP contribution is -2.50. The van der Waals surface area contributed by atoms with Crippen molar-refractivity contribution in [2.75, 3.05) is 51.2 Å². The largest absolute Gasteiger partial charge is 0.368 e. The van der Waals surface area contributed by atoms with Gasteiger partial charge < -0.3 is 15.1 Å². The first-order valence-corrected chi connectivity index (χ1v) is 12.8. The highest BCUT2D eigenvalue weighted by Gasteiger charge is 2.45. The van der Waals surface area contributed by atoms with Gasteiger partial charge in [-0.1, -0.05) is 24.3 Å². The highest BCUT2D eigenvalue weighted by Crippen LogP contribution is 2.28. The van der Waals surface area contributed by atoms with Crippen LogP contribution in [0.25, 0.3) is 0 Å². The average Bonchev–Trinajstić information content (AvgIpc) is 3.27. The monoisotopic (exact) mass is 476 g/mol. The molecule has 3 aliphatic rings. The third-order valence-electron chi connectivity index (χ3n) is 7.89. The Morgan fingerprint density at radius 2 is 1.80 bits per heavy atom. The zero-order valence-electron chi connectivity index (χ0n) is 20.6. The summed E-state index contributed by atoms with van der Waals surface area (Å²) in [6.07, 6.45) is 4.04. The number of amides is 2. The van der Waals surface area contributed by atoms with Crippen LogP contribution in [0.3, 0.4) is 0 Å². The number of anilines is 1. The third kappa shape index (κ3) is 5.33. The minimum atomic E-state index is -0.172. The molecule has 8 nitrogen and oxygen atoms in total. The number of rotatable bonds is 6. The number of pyridine rings is 1. The normalized spacial score (nSPS) is 25.7. The molecule has 5 rings (SSSR count). The van der Waals surface area contributed by atoms with Crippen LogP contribution >= 0.6 is 0 Å². The predicted molar refractivity (Wildman–Crippen MR) is 136 cm³/mol. The molecule has 0 aliphatic carbocycles. The van der Waals surface area contributed by atoms with Gasteiger partial charge in [0.25, 0.3) is 0 Å². The Balaban J connectivity index is 1.14. The van der Waals surface area contributed by atoms with Crippen molar-refractivity contribution in [2.24, 2.45) is 0 Å². The quantitative estimate of drug-likeness (QED) is 0.683. The Morgan fingerprint density at radius 1 is 1.03 bits per heavy atom. The molecule has 0 radical (unpaired) electrons. The molecule has 3 fully saturated rings. The van der Waals surface area contributed by atoms with Crippen molar-refractivity contribution in [3.63, 3.8) is 0 Å². The summed E-state index contributed by atoms with van der Waals surface area (Å²) in [5, 5.41) is 3.17. The molecule has 1 aromatic carbocycles. The number of hydrogen-bond donors (Lipinski definition) is 1. The van der Waals surface area contributed by atoms with Crippen LogP contribution in [0.1, 0.15) is 25.0 Å². The van der Waals surface area contributed by atoms with E-state index >= 15 is 0 Å². The van der Waals surface area contributed by atoms with Crippen LogP contribution in [0, 0.1) is 0 Å². The van der Waals surface area contributed by atoms with Crippen molar-refractivity contribution in [1.29, 1.82) is 0 Å². The summed E-state index contributed by atoms with van der Waals surface area (Å²) in [6.45, 7) is 5.41. The molecule has 0 saturated carbocycles. The van der Waals surface area contributed by atoms with Crippen molar-refractivity contribution < 1.29 is 9.59 Å². The maximum atomic E-state index is 13.0. The summed E-state index contributed by atoms with van der Waals surface area (Å²) in [6, 6.07) is 16.5. The molecular formula is C27H36N6O2. The van der Waals surface area contributed by atoms with E-state index < -0.39 is 0 Å². The van der Waals surface area contributed by atoms with E-state index in [9.17, 15) is 9.59 Å². The SMILES string of the molecule is CN1[C@@H](CCC(=O)N2CCN(c3ccccc3)CC2)CNC(=O)[C@@H]2[C@@H]1CCN2Cc1ccccn1. The zero-order valence-corrected chi connectivity index (χ0v) is 20.6. The predicted octanol–water partition coefficient (Wildman–Crippen LogP) is 1.58. The Kier molecular flexibility index (Phi) is 7.29. The molecule has 0 spiro atoms. The molecule has 3 saturated heterocycles. The standard InChI is InChI=1S/C27H36N6O2/c1-30-23(10-11-25(34)32-17-15-31(16-18-32)22-8-3-2-4-9-22)19-29-27(35)26-24(30)12-14-33(26)20-21-7-5-6-13-28-21/h2-9,13,23-24,26H,10-12,14-20H2,1H3,(H,29,35)/t23-,24-,26-/m0/s1. The molecule has 35 heavy (non-hydrogen) atoms. The van der Waals surface area contributed by atoms with Gasteiger partial charge in [-0.2, -0.15) is 0 Å². The van der Waals surface area contributed by atoms with E-state index in [1.807, 2.05) is 29.2 Å². The first kappa shape index (κ1) is 23.8. The first-order valence-electron chi connectivity index (χ1n) is 12.8. The smallest absolute Gasteiger partial charge is 0.239 e. The molecule has 2 amide bonds. The number of likely N-dealkylation sites (N-methyl/N-ethyl adjacent to an activating group) is 1. The number of para-hydroxylation sites is 1. The van der Waals surface area contributed by atoms with Gasteiger partial charge in [0, 0.05) is 76.2 Å². The van der Waals surface area contributed by atoms with Crippen molar-refractivity contribution in [3.05, 3.63) is 60.4 Å². The molecule has 1 N–H and O–H groups in total. The van der Waals surface area contributed by atoms with Crippen molar-refractivity contribution in [3.8, 4) is 0 Å². The van der Waals surface area contributed by atoms with Gasteiger partial charge >= 0.3 is 0 Å². The fourth-order valence-corrected chi connectivity index (χ4v) is 5.83. The molecule has 2 aromatic rings. The minimum Gasteiger partial charge on any atom is -0.368 e. The van der Waals surface area contributed by atoms with Gasteiger partial charge in [0.1, 0.15) is 6.04 Å². The van der Waals surface area contributed by atoms with Gasteiger partial charge in [-0.25, -0.2) is 0 Å².